The second kappa shape index (κ2) is 7.83. The number of hydrogen-bond acceptors (Lipinski definition) is 6. The molecule has 0 N–H and O–H groups in total. The van der Waals surface area contributed by atoms with E-state index in [1.807, 2.05) is 59.7 Å². The van der Waals surface area contributed by atoms with E-state index < -0.39 is 20.3 Å². The lowest BCUT2D eigenvalue weighted by Crippen LogP contribution is -2.52. The maximum atomic E-state index is 13.5. The molecule has 1 aromatic carbocycles. The minimum atomic E-state index is -4.14. The van der Waals surface area contributed by atoms with Gasteiger partial charge in [0.25, 0.3) is 0 Å². The molecular weight excluding hydrogens is 402 g/mol. The average molecular weight is 438 g/mol. The Morgan fingerprint density at radius 1 is 1.20 bits per heavy atom. The smallest absolute Gasteiger partial charge is 0.322 e. The van der Waals surface area contributed by atoms with Gasteiger partial charge in [0, 0.05) is 18.5 Å². The van der Waals surface area contributed by atoms with Gasteiger partial charge in [0.15, 0.2) is 10.5 Å². The van der Waals surface area contributed by atoms with Crippen molar-refractivity contribution in [3.05, 3.63) is 23.3 Å². The van der Waals surface area contributed by atoms with Gasteiger partial charge in [0.05, 0.1) is 0 Å². The van der Waals surface area contributed by atoms with E-state index in [0.29, 0.717) is 25.0 Å². The standard InChI is InChI=1S/C23H35NO5S/c1-15(2)18-14-19(16(3)12-20(18)28-11-10-24(6)7)29-30(26,27)23-9-8-17(13-21(23)25)22(23,4)5/h12,14-15,17H,8-11,13H2,1-7H3. The maximum Gasteiger partial charge on any atom is 0.322 e. The molecule has 0 radical (unpaired) electrons. The number of carbonyl (C=O) groups is 1. The summed E-state index contributed by atoms with van der Waals surface area (Å²) in [5.74, 6) is 1.05. The predicted molar refractivity (Wildman–Crippen MR) is 118 cm³/mol. The fourth-order valence-corrected chi connectivity index (χ4v) is 7.19. The van der Waals surface area contributed by atoms with Crippen LogP contribution >= 0.6 is 0 Å². The van der Waals surface area contributed by atoms with E-state index in [1.165, 1.54) is 0 Å². The lowest BCUT2D eigenvalue weighted by molar-refractivity contribution is -0.121. The van der Waals surface area contributed by atoms with Crippen molar-refractivity contribution in [3.63, 3.8) is 0 Å². The number of nitrogens with zero attached hydrogens (tertiary/aromatic N) is 1. The van der Waals surface area contributed by atoms with Crippen molar-refractivity contribution >= 4 is 15.9 Å². The summed E-state index contributed by atoms with van der Waals surface area (Å²) in [7, 11) is -0.174. The van der Waals surface area contributed by atoms with E-state index in [1.54, 1.807) is 6.07 Å². The molecule has 0 aromatic heterocycles. The first-order chi connectivity index (χ1) is 13.8. The Kier molecular flexibility index (Phi) is 6.02. The summed E-state index contributed by atoms with van der Waals surface area (Å²) in [4.78, 5) is 14.9. The van der Waals surface area contributed by atoms with Gasteiger partial charge in [-0.05, 0) is 68.8 Å². The quantitative estimate of drug-likeness (QED) is 0.574. The number of ether oxygens (including phenoxy) is 1. The van der Waals surface area contributed by atoms with Crippen molar-refractivity contribution in [3.8, 4) is 11.5 Å². The second-order valence-electron chi connectivity index (χ2n) is 9.91. The van der Waals surface area contributed by atoms with Crippen LogP contribution in [0, 0.1) is 18.3 Å². The molecule has 30 heavy (non-hydrogen) atoms. The van der Waals surface area contributed by atoms with Crippen LogP contribution in [-0.2, 0) is 14.9 Å². The molecule has 1 aromatic rings. The van der Waals surface area contributed by atoms with Crippen molar-refractivity contribution in [2.75, 3.05) is 27.2 Å². The molecule has 2 aliphatic rings. The number of carbonyl (C=O) groups excluding carboxylic acids is 1. The third kappa shape index (κ3) is 3.54. The minimum absolute atomic E-state index is 0.100. The molecule has 168 valence electrons. The summed E-state index contributed by atoms with van der Waals surface area (Å²) in [6.45, 7) is 11.0. The first-order valence-corrected chi connectivity index (χ1v) is 12.1. The highest BCUT2D eigenvalue weighted by Gasteiger charge is 2.72. The number of fused-ring (bicyclic) bond motifs is 2. The van der Waals surface area contributed by atoms with Crippen molar-refractivity contribution < 1.29 is 22.1 Å². The first kappa shape index (κ1) is 23.1. The molecule has 2 unspecified atom stereocenters. The molecule has 3 rings (SSSR count). The molecule has 2 aliphatic carbocycles. The zero-order valence-corrected chi connectivity index (χ0v) is 20.1. The average Bonchev–Trinajstić information content (AvgIpc) is 2.99. The first-order valence-electron chi connectivity index (χ1n) is 10.7. The molecule has 2 atom stereocenters. The van der Waals surface area contributed by atoms with Gasteiger partial charge in [-0.1, -0.05) is 27.7 Å². The van der Waals surface area contributed by atoms with Crippen LogP contribution in [0.4, 0.5) is 0 Å². The van der Waals surface area contributed by atoms with Gasteiger partial charge in [0.2, 0.25) is 0 Å². The van der Waals surface area contributed by atoms with E-state index in [9.17, 15) is 13.2 Å². The van der Waals surface area contributed by atoms with E-state index in [-0.39, 0.29) is 23.4 Å². The fourth-order valence-electron chi connectivity index (χ4n) is 5.09. The number of Topliss-reactive ketones (excluding diaryl/α,β-unsaturated/α-hetero) is 1. The largest absolute Gasteiger partial charge is 0.492 e. The van der Waals surface area contributed by atoms with Crippen LogP contribution in [0.3, 0.4) is 0 Å². The molecule has 2 fully saturated rings. The monoisotopic (exact) mass is 437 g/mol. The summed E-state index contributed by atoms with van der Waals surface area (Å²) < 4.78 is 37.2. The highest BCUT2D eigenvalue weighted by molar-refractivity contribution is 7.89. The van der Waals surface area contributed by atoms with Crippen LogP contribution in [0.5, 0.6) is 11.5 Å². The van der Waals surface area contributed by atoms with E-state index in [0.717, 1.165) is 24.3 Å². The van der Waals surface area contributed by atoms with Gasteiger partial charge in [-0.3, -0.25) is 4.79 Å². The van der Waals surface area contributed by atoms with Gasteiger partial charge in [-0.15, -0.1) is 0 Å². The molecule has 0 saturated heterocycles. The summed E-state index contributed by atoms with van der Waals surface area (Å²) in [6.07, 6.45) is 1.41. The Hall–Kier alpha value is -1.60. The molecule has 2 bridgehead atoms. The Bertz CT molecular complexity index is 935. The van der Waals surface area contributed by atoms with Crippen LogP contribution < -0.4 is 8.92 Å². The molecule has 2 saturated carbocycles. The third-order valence-corrected chi connectivity index (χ3v) is 9.35. The van der Waals surface area contributed by atoms with Gasteiger partial charge in [0.1, 0.15) is 18.1 Å². The molecule has 0 heterocycles. The fraction of sp³-hybridized carbons (Fsp3) is 0.696. The normalized spacial score (nSPS) is 25.4. The number of likely N-dealkylation sites (N-methyl/N-ethyl adjacent to an activating group) is 1. The van der Waals surface area contributed by atoms with Crippen LogP contribution in [0.1, 0.15) is 64.0 Å². The molecule has 0 aliphatic heterocycles. The Balaban J connectivity index is 1.95. The third-order valence-electron chi connectivity index (χ3n) is 7.14. The second-order valence-corrected chi connectivity index (χ2v) is 11.7. The Morgan fingerprint density at radius 3 is 2.37 bits per heavy atom. The van der Waals surface area contributed by atoms with E-state index in [2.05, 4.69) is 0 Å². The minimum Gasteiger partial charge on any atom is -0.492 e. The number of benzene rings is 1. The molecule has 7 heteroatoms. The molecular formula is C23H35NO5S. The van der Waals surface area contributed by atoms with Gasteiger partial charge in [-0.25, -0.2) is 0 Å². The summed E-state index contributed by atoms with van der Waals surface area (Å²) in [5.41, 5.74) is 0.952. The van der Waals surface area contributed by atoms with Crippen LogP contribution in [0.25, 0.3) is 0 Å². The lowest BCUT2D eigenvalue weighted by atomic mass is 9.81. The maximum absolute atomic E-state index is 13.5. The summed E-state index contributed by atoms with van der Waals surface area (Å²) in [5, 5.41) is 0. The van der Waals surface area contributed by atoms with Crippen LogP contribution in [0.15, 0.2) is 12.1 Å². The van der Waals surface area contributed by atoms with Gasteiger partial charge >= 0.3 is 10.1 Å². The van der Waals surface area contributed by atoms with Crippen molar-refractivity contribution in [1.82, 2.24) is 4.90 Å². The van der Waals surface area contributed by atoms with E-state index >= 15 is 0 Å². The highest BCUT2D eigenvalue weighted by Crippen LogP contribution is 2.62. The topological polar surface area (TPSA) is 72.9 Å². The number of aryl methyl sites for hydroxylation is 1. The van der Waals surface area contributed by atoms with Gasteiger partial charge in [-0.2, -0.15) is 8.42 Å². The molecule has 6 nitrogen and oxygen atoms in total. The zero-order chi connectivity index (χ0) is 22.5. The Labute approximate surface area is 181 Å². The van der Waals surface area contributed by atoms with Gasteiger partial charge < -0.3 is 13.8 Å². The van der Waals surface area contributed by atoms with Crippen molar-refractivity contribution in [2.24, 2.45) is 11.3 Å². The SMILES string of the molecule is Cc1cc(OCCN(C)C)c(C(C)C)cc1OS(=O)(=O)C12CCC(CC1=O)C2(C)C. The molecule has 0 amide bonds. The molecule has 0 spiro atoms. The van der Waals surface area contributed by atoms with Crippen molar-refractivity contribution in [1.29, 1.82) is 0 Å². The van der Waals surface area contributed by atoms with Crippen LogP contribution in [0.2, 0.25) is 0 Å². The Morgan fingerprint density at radius 2 is 1.87 bits per heavy atom. The number of hydrogen-bond donors (Lipinski definition) is 0. The lowest BCUT2D eigenvalue weighted by Gasteiger charge is -2.35. The highest BCUT2D eigenvalue weighted by atomic mass is 32.2. The summed E-state index contributed by atoms with van der Waals surface area (Å²) >= 11 is 0. The van der Waals surface area contributed by atoms with Crippen LogP contribution in [-0.4, -0.2) is 51.1 Å². The predicted octanol–water partition coefficient (Wildman–Crippen LogP) is 3.92. The van der Waals surface area contributed by atoms with E-state index in [4.69, 9.17) is 8.92 Å². The van der Waals surface area contributed by atoms with Crippen molar-refractivity contribution in [2.45, 2.75) is 64.5 Å². The number of rotatable bonds is 8. The zero-order valence-electron chi connectivity index (χ0n) is 19.2. The summed E-state index contributed by atoms with van der Waals surface area (Å²) in [6, 6.07) is 3.60. The number of ketones is 1.